The molecule has 0 spiro atoms. The van der Waals surface area contributed by atoms with Gasteiger partial charge in [0.15, 0.2) is 6.79 Å². The molecule has 1 atom stereocenters. The summed E-state index contributed by atoms with van der Waals surface area (Å²) >= 11 is 0. The molecule has 1 fully saturated rings. The average Bonchev–Trinajstić information content (AvgIpc) is 3.11. The van der Waals surface area contributed by atoms with Crippen LogP contribution in [-0.2, 0) is 20.9 Å². The summed E-state index contributed by atoms with van der Waals surface area (Å²) in [5, 5.41) is 13.8. The molecule has 24 heavy (non-hydrogen) atoms. The summed E-state index contributed by atoms with van der Waals surface area (Å²) in [5.74, 6) is 0.229. The molecule has 0 saturated carbocycles. The van der Waals surface area contributed by atoms with Crippen molar-refractivity contribution in [2.75, 3.05) is 19.9 Å². The largest absolute Gasteiger partial charge is 0.467 e. The highest BCUT2D eigenvalue weighted by molar-refractivity contribution is 5.92. The maximum absolute atomic E-state index is 11.9. The zero-order valence-corrected chi connectivity index (χ0v) is 13.0. The monoisotopic (exact) mass is 334 g/mol. The third-order valence-corrected chi connectivity index (χ3v) is 3.88. The van der Waals surface area contributed by atoms with E-state index < -0.39 is 4.92 Å². The van der Waals surface area contributed by atoms with Crippen LogP contribution in [0.25, 0.3) is 6.08 Å². The minimum atomic E-state index is -0.482. The Balaban J connectivity index is 1.71. The van der Waals surface area contributed by atoms with E-state index in [0.29, 0.717) is 23.4 Å². The van der Waals surface area contributed by atoms with Crippen molar-refractivity contribution in [3.8, 4) is 5.75 Å². The van der Waals surface area contributed by atoms with Crippen molar-refractivity contribution in [2.45, 2.75) is 25.6 Å². The summed E-state index contributed by atoms with van der Waals surface area (Å²) in [7, 11) is 0. The minimum absolute atomic E-state index is 0.0633. The van der Waals surface area contributed by atoms with Gasteiger partial charge in [-0.15, -0.1) is 0 Å². The predicted molar refractivity (Wildman–Crippen MR) is 84.4 cm³/mol. The Morgan fingerprint density at radius 1 is 1.46 bits per heavy atom. The lowest BCUT2D eigenvalue weighted by atomic mass is 10.1. The van der Waals surface area contributed by atoms with Crippen molar-refractivity contribution in [2.24, 2.45) is 0 Å². The Bertz CT molecular complexity index is 667. The molecule has 2 aliphatic rings. The highest BCUT2D eigenvalue weighted by Crippen LogP contribution is 2.33. The molecular formula is C16H18N2O6. The molecule has 0 radical (unpaired) electrons. The molecule has 0 unspecified atom stereocenters. The van der Waals surface area contributed by atoms with Crippen LogP contribution < -0.4 is 10.1 Å². The van der Waals surface area contributed by atoms with E-state index >= 15 is 0 Å². The maximum atomic E-state index is 11.9. The molecular weight excluding hydrogens is 316 g/mol. The highest BCUT2D eigenvalue weighted by atomic mass is 16.7. The summed E-state index contributed by atoms with van der Waals surface area (Å²) in [6.45, 7) is 1.51. The minimum Gasteiger partial charge on any atom is -0.467 e. The van der Waals surface area contributed by atoms with Crippen LogP contribution in [0.3, 0.4) is 0 Å². The molecule has 128 valence electrons. The van der Waals surface area contributed by atoms with Gasteiger partial charge in [0.1, 0.15) is 5.75 Å². The van der Waals surface area contributed by atoms with Crippen LogP contribution in [0.4, 0.5) is 5.69 Å². The molecule has 0 aliphatic carbocycles. The number of carbonyl (C=O) groups is 1. The summed E-state index contributed by atoms with van der Waals surface area (Å²) in [5.41, 5.74) is 1.01. The summed E-state index contributed by atoms with van der Waals surface area (Å²) in [6.07, 6.45) is 4.87. The first-order chi connectivity index (χ1) is 11.6. The van der Waals surface area contributed by atoms with Gasteiger partial charge in [0.2, 0.25) is 5.91 Å². The zero-order chi connectivity index (χ0) is 16.9. The molecule has 3 rings (SSSR count). The summed E-state index contributed by atoms with van der Waals surface area (Å²) in [4.78, 5) is 22.5. The zero-order valence-electron chi connectivity index (χ0n) is 13.0. The lowest BCUT2D eigenvalue weighted by Crippen LogP contribution is -2.30. The average molecular weight is 334 g/mol. The van der Waals surface area contributed by atoms with Crippen LogP contribution in [0.1, 0.15) is 24.0 Å². The number of ether oxygens (including phenoxy) is 3. The number of carbonyl (C=O) groups excluding carboxylic acids is 1. The molecule has 0 aromatic heterocycles. The van der Waals surface area contributed by atoms with Crippen molar-refractivity contribution >= 4 is 17.7 Å². The Morgan fingerprint density at radius 3 is 3.08 bits per heavy atom. The highest BCUT2D eigenvalue weighted by Gasteiger charge is 2.20. The van der Waals surface area contributed by atoms with Crippen LogP contribution in [0, 0.1) is 10.1 Å². The Labute approximate surface area is 138 Å². The third-order valence-electron chi connectivity index (χ3n) is 3.88. The first-order valence-electron chi connectivity index (χ1n) is 7.73. The van der Waals surface area contributed by atoms with Gasteiger partial charge in [0, 0.05) is 42.5 Å². The number of nitro benzene ring substituents is 1. The maximum Gasteiger partial charge on any atom is 0.270 e. The normalized spacial score (nSPS) is 19.8. The van der Waals surface area contributed by atoms with Crippen LogP contribution in [0.2, 0.25) is 0 Å². The number of fused-ring (bicyclic) bond motifs is 1. The van der Waals surface area contributed by atoms with Gasteiger partial charge >= 0.3 is 0 Å². The van der Waals surface area contributed by atoms with Crippen molar-refractivity contribution in [3.05, 3.63) is 39.4 Å². The number of non-ortho nitro benzene ring substituents is 1. The van der Waals surface area contributed by atoms with Gasteiger partial charge in [-0.25, -0.2) is 0 Å². The van der Waals surface area contributed by atoms with Crippen molar-refractivity contribution in [1.82, 2.24) is 5.32 Å². The van der Waals surface area contributed by atoms with Gasteiger partial charge in [0.05, 0.1) is 17.6 Å². The Morgan fingerprint density at radius 2 is 2.33 bits per heavy atom. The third kappa shape index (κ3) is 3.90. The van der Waals surface area contributed by atoms with Gasteiger partial charge < -0.3 is 19.5 Å². The molecule has 0 bridgehead atoms. The first kappa shape index (κ1) is 16.4. The molecule has 1 N–H and O–H groups in total. The van der Waals surface area contributed by atoms with E-state index in [0.717, 1.165) is 19.4 Å². The van der Waals surface area contributed by atoms with Crippen LogP contribution in [0.15, 0.2) is 18.2 Å². The molecule has 1 aromatic rings. The number of nitrogens with one attached hydrogen (secondary N) is 1. The van der Waals surface area contributed by atoms with Gasteiger partial charge in [0.25, 0.3) is 5.69 Å². The van der Waals surface area contributed by atoms with E-state index in [-0.39, 0.29) is 31.1 Å². The van der Waals surface area contributed by atoms with Gasteiger partial charge in [-0.1, -0.05) is 0 Å². The van der Waals surface area contributed by atoms with Crippen LogP contribution >= 0.6 is 0 Å². The number of nitro groups is 1. The molecule has 1 saturated heterocycles. The Kier molecular flexibility index (Phi) is 5.07. The van der Waals surface area contributed by atoms with E-state index in [1.165, 1.54) is 24.3 Å². The quantitative estimate of drug-likeness (QED) is 0.500. The second-order valence-corrected chi connectivity index (χ2v) is 5.60. The number of hydrogen-bond acceptors (Lipinski definition) is 6. The number of rotatable bonds is 5. The molecule has 2 heterocycles. The van der Waals surface area contributed by atoms with Gasteiger partial charge in [-0.05, 0) is 18.9 Å². The van der Waals surface area contributed by atoms with Gasteiger partial charge in [-0.3, -0.25) is 14.9 Å². The number of nitrogens with zero attached hydrogens (tertiary/aromatic N) is 1. The fourth-order valence-corrected chi connectivity index (χ4v) is 2.70. The summed E-state index contributed by atoms with van der Waals surface area (Å²) < 4.78 is 16.0. The number of benzene rings is 1. The van der Waals surface area contributed by atoms with Gasteiger partial charge in [-0.2, -0.15) is 0 Å². The second-order valence-electron chi connectivity index (χ2n) is 5.60. The summed E-state index contributed by atoms with van der Waals surface area (Å²) in [6, 6.07) is 2.80. The van der Waals surface area contributed by atoms with Crippen molar-refractivity contribution < 1.29 is 23.9 Å². The van der Waals surface area contributed by atoms with Crippen molar-refractivity contribution in [1.29, 1.82) is 0 Å². The molecule has 1 amide bonds. The molecule has 1 aromatic carbocycles. The van der Waals surface area contributed by atoms with E-state index in [9.17, 15) is 14.9 Å². The molecule has 2 aliphatic heterocycles. The lowest BCUT2D eigenvalue weighted by molar-refractivity contribution is -0.385. The smallest absolute Gasteiger partial charge is 0.270 e. The van der Waals surface area contributed by atoms with E-state index in [2.05, 4.69) is 5.32 Å². The first-order valence-corrected chi connectivity index (χ1v) is 7.73. The van der Waals surface area contributed by atoms with Crippen LogP contribution in [-0.4, -0.2) is 36.9 Å². The fraction of sp³-hybridized carbons (Fsp3) is 0.438. The van der Waals surface area contributed by atoms with Crippen molar-refractivity contribution in [3.63, 3.8) is 0 Å². The van der Waals surface area contributed by atoms with E-state index in [1.54, 1.807) is 0 Å². The fourth-order valence-electron chi connectivity index (χ4n) is 2.70. The number of amides is 1. The van der Waals surface area contributed by atoms with Crippen LogP contribution in [0.5, 0.6) is 5.75 Å². The standard InChI is InChI=1S/C16H18N2O6/c19-15(17-8-14-2-1-5-23-14)4-3-11-6-13(18(20)21)7-12-9-22-10-24-16(11)12/h3-4,6-7,14H,1-2,5,8-10H2,(H,17,19)/b4-3-/t14-/m1/s1. The van der Waals surface area contributed by atoms with E-state index in [4.69, 9.17) is 14.2 Å². The predicted octanol–water partition coefficient (Wildman–Crippen LogP) is 1.77. The Hall–Kier alpha value is -2.45. The molecule has 8 nitrogen and oxygen atoms in total. The number of hydrogen-bond donors (Lipinski definition) is 1. The second kappa shape index (κ2) is 7.41. The topological polar surface area (TPSA) is 99.9 Å². The lowest BCUT2D eigenvalue weighted by Gasteiger charge is -2.19. The molecule has 8 heteroatoms. The SMILES string of the molecule is O=C(/C=C\c1cc([N+](=O)[O-])cc2c1OCOC2)NC[C@H]1CCCO1. The van der Waals surface area contributed by atoms with E-state index in [1.807, 2.05) is 0 Å².